The Morgan fingerprint density at radius 1 is 1.50 bits per heavy atom. The van der Waals surface area contributed by atoms with E-state index in [0.29, 0.717) is 0 Å². The summed E-state index contributed by atoms with van der Waals surface area (Å²) in [5.74, 6) is 0.158. The van der Waals surface area contributed by atoms with E-state index in [0.717, 1.165) is 41.6 Å². The van der Waals surface area contributed by atoms with E-state index in [1.165, 1.54) is 0 Å². The summed E-state index contributed by atoms with van der Waals surface area (Å²) in [6.07, 6.45) is 0.900. The Balaban J connectivity index is 2.17. The summed E-state index contributed by atoms with van der Waals surface area (Å²) < 4.78 is 0. The van der Waals surface area contributed by atoms with Crippen molar-refractivity contribution in [3.8, 4) is 0 Å². The number of piperazine rings is 1. The van der Waals surface area contributed by atoms with Gasteiger partial charge < -0.3 is 9.80 Å². The van der Waals surface area contributed by atoms with Crippen LogP contribution in [0, 0.1) is 6.92 Å². The first-order valence-electron chi connectivity index (χ1n) is 6.48. The van der Waals surface area contributed by atoms with Crippen LogP contribution in [-0.2, 0) is 6.42 Å². The van der Waals surface area contributed by atoms with Gasteiger partial charge in [-0.15, -0.1) is 11.3 Å². The number of likely N-dealkylation sites (N-methyl/N-ethyl adjacent to an activating group) is 1. The standard InChI is InChI=1S/C13H21N3OS/c1-5-11-14-10(3)12(18-11)13(17)16-7-6-15(4)8-9(16)2/h9H,5-8H2,1-4H3. The van der Waals surface area contributed by atoms with E-state index in [-0.39, 0.29) is 11.9 Å². The minimum absolute atomic E-state index is 0.158. The molecule has 5 heteroatoms. The Bertz CT molecular complexity index is 443. The maximum absolute atomic E-state index is 12.5. The predicted octanol–water partition coefficient (Wildman–Crippen LogP) is 1.79. The van der Waals surface area contributed by atoms with Crippen molar-refractivity contribution in [1.29, 1.82) is 0 Å². The highest BCUT2D eigenvalue weighted by atomic mass is 32.1. The smallest absolute Gasteiger partial charge is 0.266 e. The third kappa shape index (κ3) is 2.57. The largest absolute Gasteiger partial charge is 0.333 e. The third-order valence-electron chi connectivity index (χ3n) is 3.43. The van der Waals surface area contributed by atoms with Crippen LogP contribution in [0.2, 0.25) is 0 Å². The minimum atomic E-state index is 0.158. The topological polar surface area (TPSA) is 36.4 Å². The number of thiazole rings is 1. The molecule has 0 saturated carbocycles. The van der Waals surface area contributed by atoms with E-state index in [1.54, 1.807) is 11.3 Å². The van der Waals surface area contributed by atoms with Crippen molar-refractivity contribution in [3.05, 3.63) is 15.6 Å². The Labute approximate surface area is 113 Å². The number of aromatic nitrogens is 1. The summed E-state index contributed by atoms with van der Waals surface area (Å²) in [6.45, 7) is 8.84. The van der Waals surface area contributed by atoms with Crippen LogP contribution in [0.25, 0.3) is 0 Å². The second-order valence-corrected chi connectivity index (χ2v) is 6.07. The van der Waals surface area contributed by atoms with Crippen molar-refractivity contribution in [3.63, 3.8) is 0 Å². The fraction of sp³-hybridized carbons (Fsp3) is 0.692. The van der Waals surface area contributed by atoms with E-state index in [9.17, 15) is 4.79 Å². The lowest BCUT2D eigenvalue weighted by atomic mass is 10.2. The van der Waals surface area contributed by atoms with Gasteiger partial charge in [0.15, 0.2) is 0 Å². The minimum Gasteiger partial charge on any atom is -0.333 e. The number of hydrogen-bond donors (Lipinski definition) is 0. The van der Waals surface area contributed by atoms with Crippen LogP contribution >= 0.6 is 11.3 Å². The molecule has 1 atom stereocenters. The van der Waals surface area contributed by atoms with E-state index >= 15 is 0 Å². The van der Waals surface area contributed by atoms with Crippen molar-refractivity contribution in [2.24, 2.45) is 0 Å². The molecule has 2 rings (SSSR count). The lowest BCUT2D eigenvalue weighted by Gasteiger charge is -2.38. The van der Waals surface area contributed by atoms with Crippen molar-refractivity contribution >= 4 is 17.2 Å². The van der Waals surface area contributed by atoms with Crippen molar-refractivity contribution in [1.82, 2.24) is 14.8 Å². The van der Waals surface area contributed by atoms with Gasteiger partial charge in [0.25, 0.3) is 5.91 Å². The summed E-state index contributed by atoms with van der Waals surface area (Å²) in [5, 5.41) is 1.05. The van der Waals surface area contributed by atoms with Crippen molar-refractivity contribution in [2.75, 3.05) is 26.7 Å². The van der Waals surface area contributed by atoms with Gasteiger partial charge in [-0.3, -0.25) is 4.79 Å². The first-order valence-corrected chi connectivity index (χ1v) is 7.30. The molecule has 100 valence electrons. The summed E-state index contributed by atoms with van der Waals surface area (Å²) >= 11 is 1.55. The van der Waals surface area contributed by atoms with Crippen LogP contribution in [0.3, 0.4) is 0 Å². The quantitative estimate of drug-likeness (QED) is 0.819. The Kier molecular flexibility index (Phi) is 4.02. The molecule has 0 N–H and O–H groups in total. The number of amides is 1. The molecule has 18 heavy (non-hydrogen) atoms. The van der Waals surface area contributed by atoms with Gasteiger partial charge in [0.2, 0.25) is 0 Å². The van der Waals surface area contributed by atoms with Gasteiger partial charge in [-0.25, -0.2) is 4.98 Å². The molecule has 1 aliphatic heterocycles. The van der Waals surface area contributed by atoms with Gasteiger partial charge in [-0.1, -0.05) is 6.92 Å². The summed E-state index contributed by atoms with van der Waals surface area (Å²) in [4.78, 5) is 22.1. The number of carbonyl (C=O) groups excluding carboxylic acids is 1. The van der Waals surface area contributed by atoms with Gasteiger partial charge in [0.1, 0.15) is 4.88 Å². The van der Waals surface area contributed by atoms with Crippen LogP contribution in [-0.4, -0.2) is 53.4 Å². The molecule has 1 amide bonds. The van der Waals surface area contributed by atoms with Gasteiger partial charge >= 0.3 is 0 Å². The van der Waals surface area contributed by atoms with Crippen LogP contribution in [0.4, 0.5) is 0 Å². The van der Waals surface area contributed by atoms with Crippen LogP contribution in [0.5, 0.6) is 0 Å². The number of aryl methyl sites for hydroxylation is 2. The molecule has 0 aromatic carbocycles. The van der Waals surface area contributed by atoms with Gasteiger partial charge in [0.05, 0.1) is 10.7 Å². The fourth-order valence-corrected chi connectivity index (χ4v) is 3.33. The zero-order valence-corrected chi connectivity index (χ0v) is 12.4. The lowest BCUT2D eigenvalue weighted by molar-refractivity contribution is 0.0537. The Morgan fingerprint density at radius 3 is 2.78 bits per heavy atom. The van der Waals surface area contributed by atoms with Crippen molar-refractivity contribution in [2.45, 2.75) is 33.2 Å². The van der Waals surface area contributed by atoms with Crippen LogP contribution < -0.4 is 0 Å². The molecular weight excluding hydrogens is 246 g/mol. The number of rotatable bonds is 2. The van der Waals surface area contributed by atoms with Crippen molar-refractivity contribution < 1.29 is 4.79 Å². The molecule has 0 aliphatic carbocycles. The fourth-order valence-electron chi connectivity index (χ4n) is 2.37. The second-order valence-electron chi connectivity index (χ2n) is 4.99. The first-order chi connectivity index (χ1) is 8.52. The van der Waals surface area contributed by atoms with Crippen LogP contribution in [0.1, 0.15) is 34.2 Å². The van der Waals surface area contributed by atoms with Gasteiger partial charge in [0, 0.05) is 25.7 Å². The highest BCUT2D eigenvalue weighted by molar-refractivity contribution is 7.13. The summed E-state index contributed by atoms with van der Waals surface area (Å²) in [6, 6.07) is 0.280. The molecule has 1 unspecified atom stereocenters. The second kappa shape index (κ2) is 5.36. The molecule has 0 spiro atoms. The Hall–Kier alpha value is -0.940. The molecule has 4 nitrogen and oxygen atoms in total. The molecule has 0 bridgehead atoms. The van der Waals surface area contributed by atoms with Gasteiger partial charge in [-0.2, -0.15) is 0 Å². The zero-order chi connectivity index (χ0) is 13.3. The van der Waals surface area contributed by atoms with E-state index in [1.807, 2.05) is 11.8 Å². The molecule has 1 saturated heterocycles. The highest BCUT2D eigenvalue weighted by Crippen LogP contribution is 2.22. The Morgan fingerprint density at radius 2 is 2.22 bits per heavy atom. The summed E-state index contributed by atoms with van der Waals surface area (Å²) in [7, 11) is 2.10. The normalized spacial score (nSPS) is 21.3. The third-order valence-corrected chi connectivity index (χ3v) is 4.72. The zero-order valence-electron chi connectivity index (χ0n) is 11.6. The van der Waals surface area contributed by atoms with Crippen LogP contribution in [0.15, 0.2) is 0 Å². The number of carbonyl (C=O) groups is 1. The predicted molar refractivity (Wildman–Crippen MR) is 74.2 cm³/mol. The molecule has 0 radical (unpaired) electrons. The first kappa shape index (κ1) is 13.5. The van der Waals surface area contributed by atoms with E-state index in [4.69, 9.17) is 0 Å². The molecule has 1 aromatic rings. The molecule has 1 aliphatic rings. The maximum Gasteiger partial charge on any atom is 0.266 e. The van der Waals surface area contributed by atoms with E-state index in [2.05, 4.69) is 30.8 Å². The summed E-state index contributed by atoms with van der Waals surface area (Å²) in [5.41, 5.74) is 0.882. The molecular formula is C13H21N3OS. The molecule has 1 fully saturated rings. The average molecular weight is 267 g/mol. The maximum atomic E-state index is 12.5. The monoisotopic (exact) mass is 267 g/mol. The number of hydrogen-bond acceptors (Lipinski definition) is 4. The lowest BCUT2D eigenvalue weighted by Crippen LogP contribution is -2.52. The SMILES string of the molecule is CCc1nc(C)c(C(=O)N2CCN(C)CC2C)s1. The average Bonchev–Trinajstić information content (AvgIpc) is 2.70. The van der Waals surface area contributed by atoms with Gasteiger partial charge in [-0.05, 0) is 27.3 Å². The molecule has 1 aromatic heterocycles. The molecule has 2 heterocycles. The van der Waals surface area contributed by atoms with E-state index < -0.39 is 0 Å². The highest BCUT2D eigenvalue weighted by Gasteiger charge is 2.28. The number of nitrogens with zero attached hydrogens (tertiary/aromatic N) is 3.